The first-order valence-electron chi connectivity index (χ1n) is 10.0. The first kappa shape index (κ1) is 18.7. The number of carbonyl (C=O) groups is 2. The summed E-state index contributed by atoms with van der Waals surface area (Å²) in [5, 5.41) is 6.99. The summed E-state index contributed by atoms with van der Waals surface area (Å²) in [6, 6.07) is 9.41. The molecule has 4 rings (SSSR count). The fourth-order valence-electron chi connectivity index (χ4n) is 4.92. The number of hydrogen-bond donors (Lipinski definition) is 1. The molecule has 2 saturated carbocycles. The van der Waals surface area contributed by atoms with Gasteiger partial charge in [0.2, 0.25) is 0 Å². The highest BCUT2D eigenvalue weighted by Crippen LogP contribution is 2.49. The van der Waals surface area contributed by atoms with E-state index in [1.165, 1.54) is 25.7 Å². The zero-order chi connectivity index (χ0) is 19.7. The van der Waals surface area contributed by atoms with Gasteiger partial charge in [0.25, 0.3) is 5.91 Å². The van der Waals surface area contributed by atoms with Gasteiger partial charge in [-0.2, -0.15) is 0 Å². The van der Waals surface area contributed by atoms with Crippen molar-refractivity contribution in [1.29, 1.82) is 0 Å². The Morgan fingerprint density at radius 1 is 1.25 bits per heavy atom. The number of amides is 1. The Bertz CT molecular complexity index is 861. The summed E-state index contributed by atoms with van der Waals surface area (Å²) in [6.45, 7) is 3.42. The van der Waals surface area contributed by atoms with Gasteiger partial charge in [-0.15, -0.1) is 0 Å². The number of carbonyl (C=O) groups excluding carboxylic acids is 2. The van der Waals surface area contributed by atoms with E-state index in [9.17, 15) is 9.59 Å². The minimum absolute atomic E-state index is 0.110. The number of fused-ring (bicyclic) bond motifs is 2. The molecule has 0 unspecified atom stereocenters. The van der Waals surface area contributed by atoms with Gasteiger partial charge in [-0.3, -0.25) is 4.79 Å². The monoisotopic (exact) mass is 382 g/mol. The largest absolute Gasteiger partial charge is 0.452 e. The molecule has 6 nitrogen and oxygen atoms in total. The van der Waals surface area contributed by atoms with Crippen molar-refractivity contribution in [2.24, 2.45) is 17.8 Å². The molecule has 0 radical (unpaired) electrons. The summed E-state index contributed by atoms with van der Waals surface area (Å²) in [7, 11) is 0. The molecule has 1 aromatic heterocycles. The average Bonchev–Trinajstić information content (AvgIpc) is 3.42. The summed E-state index contributed by atoms with van der Waals surface area (Å²) in [5.74, 6) is 1.62. The van der Waals surface area contributed by atoms with Crippen LogP contribution in [0.15, 0.2) is 34.9 Å². The zero-order valence-electron chi connectivity index (χ0n) is 16.3. The minimum Gasteiger partial charge on any atom is -0.452 e. The average molecular weight is 382 g/mol. The smallest absolute Gasteiger partial charge is 0.344 e. The van der Waals surface area contributed by atoms with Crippen molar-refractivity contribution in [1.82, 2.24) is 10.5 Å². The molecule has 2 fully saturated rings. The van der Waals surface area contributed by atoms with Crippen molar-refractivity contribution in [3.05, 3.63) is 41.7 Å². The maximum Gasteiger partial charge on any atom is 0.344 e. The van der Waals surface area contributed by atoms with Gasteiger partial charge in [-0.1, -0.05) is 41.9 Å². The lowest BCUT2D eigenvalue weighted by molar-refractivity contribution is -0.125. The van der Waals surface area contributed by atoms with Gasteiger partial charge < -0.3 is 14.6 Å². The van der Waals surface area contributed by atoms with Gasteiger partial charge in [0.1, 0.15) is 17.0 Å². The van der Waals surface area contributed by atoms with Gasteiger partial charge >= 0.3 is 5.97 Å². The van der Waals surface area contributed by atoms with E-state index in [0.29, 0.717) is 17.4 Å². The lowest BCUT2D eigenvalue weighted by atomic mass is 9.84. The summed E-state index contributed by atoms with van der Waals surface area (Å²) >= 11 is 0. The predicted octanol–water partition coefficient (Wildman–Crippen LogP) is 3.75. The van der Waals surface area contributed by atoms with Gasteiger partial charge in [-0.05, 0) is 50.9 Å². The van der Waals surface area contributed by atoms with Crippen molar-refractivity contribution < 1.29 is 18.8 Å². The highest BCUT2D eigenvalue weighted by atomic mass is 16.5. The maximum atomic E-state index is 12.6. The topological polar surface area (TPSA) is 81.4 Å². The SMILES string of the molecule is Cc1onc(-c2ccccc2)c1C(=O)OCC(=O)N[C@H](C)[C@@H]1C[C@H]2CC[C@H]1C2. The quantitative estimate of drug-likeness (QED) is 0.770. The lowest BCUT2D eigenvalue weighted by Gasteiger charge is -2.28. The van der Waals surface area contributed by atoms with E-state index < -0.39 is 5.97 Å². The first-order chi connectivity index (χ1) is 13.5. The van der Waals surface area contributed by atoms with E-state index in [0.717, 1.165) is 17.4 Å². The van der Waals surface area contributed by atoms with Crippen molar-refractivity contribution >= 4 is 11.9 Å². The molecule has 6 heteroatoms. The molecular weight excluding hydrogens is 356 g/mol. The number of esters is 1. The van der Waals surface area contributed by atoms with Crippen LogP contribution in [0.1, 0.15) is 48.7 Å². The molecule has 0 spiro atoms. The number of aryl methyl sites for hydroxylation is 1. The summed E-state index contributed by atoms with van der Waals surface area (Å²) < 4.78 is 10.5. The van der Waals surface area contributed by atoms with Gasteiger partial charge in [0.05, 0.1) is 0 Å². The van der Waals surface area contributed by atoms with Crippen LogP contribution in [-0.4, -0.2) is 29.7 Å². The third-order valence-corrected chi connectivity index (χ3v) is 6.27. The predicted molar refractivity (Wildman–Crippen MR) is 104 cm³/mol. The van der Waals surface area contributed by atoms with Crippen LogP contribution in [0.25, 0.3) is 11.3 Å². The van der Waals surface area contributed by atoms with E-state index >= 15 is 0 Å². The molecule has 1 amide bonds. The van der Waals surface area contributed by atoms with Crippen LogP contribution in [-0.2, 0) is 9.53 Å². The molecule has 4 atom stereocenters. The molecule has 1 heterocycles. The fraction of sp³-hybridized carbons (Fsp3) is 0.500. The Labute approximate surface area is 164 Å². The van der Waals surface area contributed by atoms with Gasteiger partial charge in [-0.25, -0.2) is 4.79 Å². The maximum absolute atomic E-state index is 12.6. The number of nitrogens with zero attached hydrogens (tertiary/aromatic N) is 1. The standard InChI is InChI=1S/C22H26N2O4/c1-13(18-11-15-8-9-17(18)10-15)23-19(25)12-27-22(26)20-14(2)28-24-21(20)16-6-4-3-5-7-16/h3-7,13,15,17-18H,8-12H2,1-2H3,(H,23,25)/t13-,15+,17+,18+/m1/s1. The van der Waals surface area contributed by atoms with E-state index in [1.54, 1.807) is 6.92 Å². The minimum atomic E-state index is -0.597. The third kappa shape index (κ3) is 3.68. The summed E-state index contributed by atoms with van der Waals surface area (Å²) in [5.41, 5.74) is 1.46. The molecule has 1 aromatic carbocycles. The molecule has 1 N–H and O–H groups in total. The van der Waals surface area contributed by atoms with Crippen molar-refractivity contribution in [2.45, 2.75) is 45.6 Å². The van der Waals surface area contributed by atoms with Crippen molar-refractivity contribution in [3.63, 3.8) is 0 Å². The van der Waals surface area contributed by atoms with Crippen LogP contribution in [0.3, 0.4) is 0 Å². The molecule has 2 aliphatic rings. The van der Waals surface area contributed by atoms with Crippen LogP contribution < -0.4 is 5.32 Å². The van der Waals surface area contributed by atoms with Crippen molar-refractivity contribution in [3.8, 4) is 11.3 Å². The normalized spacial score (nSPS) is 24.1. The summed E-state index contributed by atoms with van der Waals surface area (Å²) in [4.78, 5) is 24.9. The van der Waals surface area contributed by atoms with Crippen molar-refractivity contribution in [2.75, 3.05) is 6.61 Å². The zero-order valence-corrected chi connectivity index (χ0v) is 16.3. The molecular formula is C22H26N2O4. The highest BCUT2D eigenvalue weighted by Gasteiger charge is 2.42. The molecule has 2 aromatic rings. The molecule has 28 heavy (non-hydrogen) atoms. The molecule has 148 valence electrons. The first-order valence-corrected chi connectivity index (χ1v) is 10.0. The number of rotatable bonds is 6. The van der Waals surface area contributed by atoms with Crippen LogP contribution in [0.2, 0.25) is 0 Å². The van der Waals surface area contributed by atoms with Crippen LogP contribution in [0.4, 0.5) is 0 Å². The molecule has 2 aliphatic carbocycles. The number of benzene rings is 1. The Morgan fingerprint density at radius 2 is 2.04 bits per heavy atom. The van der Waals surface area contributed by atoms with Crippen LogP contribution >= 0.6 is 0 Å². The number of aromatic nitrogens is 1. The Morgan fingerprint density at radius 3 is 2.71 bits per heavy atom. The Hall–Kier alpha value is -2.63. The van der Waals surface area contributed by atoms with E-state index in [-0.39, 0.29) is 24.1 Å². The van der Waals surface area contributed by atoms with E-state index in [1.807, 2.05) is 30.3 Å². The fourth-order valence-corrected chi connectivity index (χ4v) is 4.92. The van der Waals surface area contributed by atoms with Gasteiger partial charge in [0.15, 0.2) is 6.61 Å². The molecule has 0 saturated heterocycles. The van der Waals surface area contributed by atoms with Gasteiger partial charge in [0, 0.05) is 11.6 Å². The van der Waals surface area contributed by atoms with E-state index in [4.69, 9.17) is 9.26 Å². The second-order valence-electron chi connectivity index (χ2n) is 8.10. The Kier molecular flexibility index (Phi) is 5.20. The molecule has 0 aliphatic heterocycles. The van der Waals surface area contributed by atoms with E-state index in [2.05, 4.69) is 17.4 Å². The molecule has 2 bridgehead atoms. The second kappa shape index (κ2) is 7.78. The highest BCUT2D eigenvalue weighted by molar-refractivity contribution is 5.98. The number of nitrogens with one attached hydrogen (secondary N) is 1. The number of hydrogen-bond acceptors (Lipinski definition) is 5. The second-order valence-corrected chi connectivity index (χ2v) is 8.10. The third-order valence-electron chi connectivity index (χ3n) is 6.27. The van der Waals surface area contributed by atoms with Crippen LogP contribution in [0, 0.1) is 24.7 Å². The Balaban J connectivity index is 1.34. The summed E-state index contributed by atoms with van der Waals surface area (Å²) in [6.07, 6.45) is 5.11. The van der Waals surface area contributed by atoms with Crippen LogP contribution in [0.5, 0.6) is 0 Å². The number of ether oxygens (including phenoxy) is 1. The lowest BCUT2D eigenvalue weighted by Crippen LogP contribution is -2.42.